The Kier molecular flexibility index (Phi) is 6.45. The summed E-state index contributed by atoms with van der Waals surface area (Å²) in [6, 6.07) is 0. The maximum Gasteiger partial charge on any atom is -0.0305 e. The van der Waals surface area contributed by atoms with E-state index in [1.165, 1.54) is 11.1 Å². The second-order valence-corrected chi connectivity index (χ2v) is 2.77. The van der Waals surface area contributed by atoms with Gasteiger partial charge in [0, 0.05) is 0 Å². The fraction of sp³-hybridized carbons (Fsp3) is 0.500. The van der Waals surface area contributed by atoms with E-state index in [2.05, 4.69) is 39.5 Å². The van der Waals surface area contributed by atoms with Gasteiger partial charge in [-0.3, -0.25) is 0 Å². The van der Waals surface area contributed by atoms with Crippen molar-refractivity contribution in [3.8, 4) is 0 Å². The Labute approximate surface area is 76.7 Å². The number of hydrogen-bond donors (Lipinski definition) is 0. The molecule has 0 rings (SSSR count). The van der Waals surface area contributed by atoms with Crippen LogP contribution in [-0.2, 0) is 0 Å². The molecule has 0 bridgehead atoms. The van der Waals surface area contributed by atoms with Gasteiger partial charge in [0.25, 0.3) is 0 Å². The van der Waals surface area contributed by atoms with E-state index < -0.39 is 0 Å². The van der Waals surface area contributed by atoms with Gasteiger partial charge in [-0.15, -0.1) is 0 Å². The molecule has 0 saturated heterocycles. The van der Waals surface area contributed by atoms with Crippen molar-refractivity contribution in [1.29, 1.82) is 0 Å². The number of allylic oxidation sites excluding steroid dienone is 5. The van der Waals surface area contributed by atoms with Gasteiger partial charge in [0.1, 0.15) is 0 Å². The molecule has 68 valence electrons. The summed E-state index contributed by atoms with van der Waals surface area (Å²) in [7, 11) is 0. The molecule has 0 fully saturated rings. The molecule has 0 heteroatoms. The highest BCUT2D eigenvalue weighted by molar-refractivity contribution is 5.31. The highest BCUT2D eigenvalue weighted by Gasteiger charge is 1.94. The molecule has 0 heterocycles. The summed E-state index contributed by atoms with van der Waals surface area (Å²) in [5.74, 6) is 0. The predicted molar refractivity (Wildman–Crippen MR) is 57.2 cm³/mol. The van der Waals surface area contributed by atoms with Crippen LogP contribution in [0.4, 0.5) is 0 Å². The van der Waals surface area contributed by atoms with Gasteiger partial charge in [-0.05, 0) is 30.4 Å². The molecule has 0 unspecified atom stereocenters. The highest BCUT2D eigenvalue weighted by atomic mass is 14.0. The Balaban J connectivity index is 4.57. The Morgan fingerprint density at radius 2 is 1.67 bits per heavy atom. The monoisotopic (exact) mass is 164 g/mol. The SMILES string of the molecule is C=C/C(CC)=C(\C=C/CC)CC. The van der Waals surface area contributed by atoms with Gasteiger partial charge in [-0.1, -0.05) is 45.6 Å². The summed E-state index contributed by atoms with van der Waals surface area (Å²) in [4.78, 5) is 0. The summed E-state index contributed by atoms with van der Waals surface area (Å²) in [6.45, 7) is 10.3. The van der Waals surface area contributed by atoms with E-state index in [0.717, 1.165) is 19.3 Å². The summed E-state index contributed by atoms with van der Waals surface area (Å²) >= 11 is 0. The minimum atomic E-state index is 1.08. The van der Waals surface area contributed by atoms with E-state index >= 15 is 0 Å². The molecule has 0 nitrogen and oxygen atoms in total. The molecule has 0 N–H and O–H groups in total. The van der Waals surface area contributed by atoms with Gasteiger partial charge in [0.2, 0.25) is 0 Å². The van der Waals surface area contributed by atoms with Gasteiger partial charge >= 0.3 is 0 Å². The fourth-order valence-corrected chi connectivity index (χ4v) is 1.21. The van der Waals surface area contributed by atoms with E-state index in [1.807, 2.05) is 6.08 Å². The lowest BCUT2D eigenvalue weighted by Gasteiger charge is -2.03. The van der Waals surface area contributed by atoms with Gasteiger partial charge in [-0.25, -0.2) is 0 Å². The third kappa shape index (κ3) is 3.56. The van der Waals surface area contributed by atoms with Gasteiger partial charge in [-0.2, -0.15) is 0 Å². The zero-order valence-corrected chi connectivity index (χ0v) is 8.56. The molecule has 0 aromatic heterocycles. The van der Waals surface area contributed by atoms with E-state index in [9.17, 15) is 0 Å². The Hall–Kier alpha value is -0.780. The maximum atomic E-state index is 3.82. The molecule has 12 heavy (non-hydrogen) atoms. The molecule has 0 aromatic rings. The van der Waals surface area contributed by atoms with Crippen LogP contribution in [0.2, 0.25) is 0 Å². The smallest absolute Gasteiger partial charge is 0.0305 e. The van der Waals surface area contributed by atoms with E-state index in [4.69, 9.17) is 0 Å². The molecule has 0 atom stereocenters. The van der Waals surface area contributed by atoms with E-state index in [1.54, 1.807) is 0 Å². The van der Waals surface area contributed by atoms with Crippen LogP contribution in [-0.4, -0.2) is 0 Å². The standard InChI is InChI=1S/C12H20/c1-5-9-10-12(8-4)11(6-2)7-3/h6,9-10H,2,5,7-8H2,1,3-4H3/b10-9-,12-11+. The first kappa shape index (κ1) is 11.2. The normalized spacial score (nSPS) is 13.2. The van der Waals surface area contributed by atoms with Crippen LogP contribution in [0.25, 0.3) is 0 Å². The first-order valence-corrected chi connectivity index (χ1v) is 4.81. The van der Waals surface area contributed by atoms with Crippen molar-refractivity contribution < 1.29 is 0 Å². The Morgan fingerprint density at radius 3 is 2.00 bits per heavy atom. The van der Waals surface area contributed by atoms with Crippen molar-refractivity contribution in [2.45, 2.75) is 40.0 Å². The van der Waals surface area contributed by atoms with Crippen LogP contribution in [0, 0.1) is 0 Å². The molecule has 0 aliphatic heterocycles. The second kappa shape index (κ2) is 6.90. The number of rotatable bonds is 5. The maximum absolute atomic E-state index is 3.82. The minimum Gasteiger partial charge on any atom is -0.0988 e. The van der Waals surface area contributed by atoms with Crippen molar-refractivity contribution in [3.05, 3.63) is 36.0 Å². The molecule has 0 radical (unpaired) electrons. The first-order valence-electron chi connectivity index (χ1n) is 4.81. The molecule has 0 aromatic carbocycles. The quantitative estimate of drug-likeness (QED) is 0.533. The average Bonchev–Trinajstić information content (AvgIpc) is 2.12. The summed E-state index contributed by atoms with van der Waals surface area (Å²) in [6.07, 6.45) is 9.70. The molecule has 0 saturated carbocycles. The van der Waals surface area contributed by atoms with Crippen molar-refractivity contribution >= 4 is 0 Å². The lowest BCUT2D eigenvalue weighted by atomic mass is 10.0. The van der Waals surface area contributed by atoms with Crippen molar-refractivity contribution in [3.63, 3.8) is 0 Å². The lowest BCUT2D eigenvalue weighted by molar-refractivity contribution is 1.05. The summed E-state index contributed by atoms with van der Waals surface area (Å²) < 4.78 is 0. The van der Waals surface area contributed by atoms with Gasteiger partial charge in [0.05, 0.1) is 0 Å². The molecular formula is C12H20. The first-order chi connectivity index (χ1) is 5.79. The molecule has 0 spiro atoms. The lowest BCUT2D eigenvalue weighted by Crippen LogP contribution is -1.83. The topological polar surface area (TPSA) is 0 Å². The van der Waals surface area contributed by atoms with Crippen LogP contribution >= 0.6 is 0 Å². The van der Waals surface area contributed by atoms with Crippen LogP contribution in [0.15, 0.2) is 36.0 Å². The predicted octanol–water partition coefficient (Wildman–Crippen LogP) is 4.26. The van der Waals surface area contributed by atoms with Crippen LogP contribution in [0.3, 0.4) is 0 Å². The minimum absolute atomic E-state index is 1.08. The van der Waals surface area contributed by atoms with Crippen molar-refractivity contribution in [2.24, 2.45) is 0 Å². The largest absolute Gasteiger partial charge is 0.0988 e. The Morgan fingerprint density at radius 1 is 1.08 bits per heavy atom. The molecule has 0 aliphatic rings. The third-order valence-corrected chi connectivity index (χ3v) is 1.98. The van der Waals surface area contributed by atoms with Crippen molar-refractivity contribution in [1.82, 2.24) is 0 Å². The number of hydrogen-bond acceptors (Lipinski definition) is 0. The molecule has 0 aliphatic carbocycles. The zero-order chi connectivity index (χ0) is 9.40. The van der Waals surface area contributed by atoms with E-state index in [0.29, 0.717) is 0 Å². The average molecular weight is 164 g/mol. The Bertz CT molecular complexity index is 182. The molecule has 0 amide bonds. The highest BCUT2D eigenvalue weighted by Crippen LogP contribution is 2.14. The van der Waals surface area contributed by atoms with Crippen LogP contribution in [0.1, 0.15) is 40.0 Å². The van der Waals surface area contributed by atoms with Crippen molar-refractivity contribution in [2.75, 3.05) is 0 Å². The second-order valence-electron chi connectivity index (χ2n) is 2.77. The van der Waals surface area contributed by atoms with Gasteiger partial charge in [0.15, 0.2) is 0 Å². The molecular weight excluding hydrogens is 144 g/mol. The van der Waals surface area contributed by atoms with Gasteiger partial charge < -0.3 is 0 Å². The summed E-state index contributed by atoms with van der Waals surface area (Å²) in [5, 5.41) is 0. The fourth-order valence-electron chi connectivity index (χ4n) is 1.21. The summed E-state index contributed by atoms with van der Waals surface area (Å²) in [5.41, 5.74) is 2.80. The third-order valence-electron chi connectivity index (χ3n) is 1.98. The van der Waals surface area contributed by atoms with Crippen LogP contribution in [0.5, 0.6) is 0 Å². The van der Waals surface area contributed by atoms with Crippen LogP contribution < -0.4 is 0 Å². The zero-order valence-electron chi connectivity index (χ0n) is 8.56. The van der Waals surface area contributed by atoms with E-state index in [-0.39, 0.29) is 0 Å².